The van der Waals surface area contributed by atoms with E-state index in [9.17, 15) is 4.39 Å². The Hall–Kier alpha value is -3.03. The highest BCUT2D eigenvalue weighted by Gasteiger charge is 2.19. The maximum absolute atomic E-state index is 14.1. The zero-order chi connectivity index (χ0) is 20.4. The number of hydrogen-bond acceptors (Lipinski definition) is 7. The van der Waals surface area contributed by atoms with Gasteiger partial charge in [-0.3, -0.25) is 0 Å². The second-order valence-corrected chi connectivity index (χ2v) is 6.75. The molecular weight excluding hydrogens is 357 g/mol. The monoisotopic (exact) mass is 383 g/mol. The molecule has 0 aliphatic rings. The Morgan fingerprint density at radius 3 is 2.46 bits per heavy atom. The first kappa shape index (κ1) is 19.7. The van der Waals surface area contributed by atoms with Crippen LogP contribution in [0.3, 0.4) is 0 Å². The summed E-state index contributed by atoms with van der Waals surface area (Å²) >= 11 is 0. The molecule has 0 spiro atoms. The number of rotatable bonds is 6. The van der Waals surface area contributed by atoms with Crippen molar-refractivity contribution in [2.24, 2.45) is 0 Å². The third-order valence-corrected chi connectivity index (χ3v) is 4.82. The van der Waals surface area contributed by atoms with Crippen molar-refractivity contribution in [3.05, 3.63) is 41.0 Å². The van der Waals surface area contributed by atoms with Crippen molar-refractivity contribution in [2.45, 2.75) is 40.7 Å². The van der Waals surface area contributed by atoms with Crippen molar-refractivity contribution in [1.29, 1.82) is 0 Å². The fourth-order valence-electron chi connectivity index (χ4n) is 3.30. The van der Waals surface area contributed by atoms with Crippen LogP contribution in [0.4, 0.5) is 22.1 Å². The van der Waals surface area contributed by atoms with Gasteiger partial charge in [0.1, 0.15) is 17.5 Å². The Balaban J connectivity index is 2.11. The molecule has 8 heteroatoms. The lowest BCUT2D eigenvalue weighted by molar-refractivity contribution is 0.620. The lowest BCUT2D eigenvalue weighted by atomic mass is 10.0. The van der Waals surface area contributed by atoms with Crippen LogP contribution in [-0.4, -0.2) is 33.0 Å². The minimum Gasteiger partial charge on any atom is -0.368 e. The van der Waals surface area contributed by atoms with Crippen molar-refractivity contribution >= 4 is 28.6 Å². The van der Waals surface area contributed by atoms with E-state index >= 15 is 0 Å². The molecule has 0 saturated carbocycles. The third-order valence-electron chi connectivity index (χ3n) is 4.82. The fraction of sp³-hybridized carbons (Fsp3) is 0.400. The van der Waals surface area contributed by atoms with Crippen LogP contribution in [0.1, 0.15) is 43.8 Å². The van der Waals surface area contributed by atoms with Crippen LogP contribution >= 0.6 is 0 Å². The molecule has 148 valence electrons. The third kappa shape index (κ3) is 3.81. The summed E-state index contributed by atoms with van der Waals surface area (Å²) in [7, 11) is 0. The highest BCUT2D eigenvalue weighted by Crippen LogP contribution is 2.31. The average molecular weight is 383 g/mol. The summed E-state index contributed by atoms with van der Waals surface area (Å²) in [6.45, 7) is 11.3. The quantitative estimate of drug-likeness (QED) is 0.669. The number of aromatic nitrogens is 4. The predicted molar refractivity (Wildman–Crippen MR) is 111 cm³/mol. The smallest absolute Gasteiger partial charge is 0.228 e. The van der Waals surface area contributed by atoms with E-state index in [2.05, 4.69) is 45.1 Å². The standard InChI is InChI=1S/C20H26FN7/c1-6-28(7-2)18-15(10-14-8-9-16(21)11(3)17(14)26-18)12(4)23-20-25-13(5)24-19(22)27-20/h8-10,12H,6-7H2,1-5H3,(H3,22,23,24,25,27)/t12-/m0/s1. The molecule has 1 atom stereocenters. The van der Waals surface area contributed by atoms with Crippen LogP contribution in [-0.2, 0) is 0 Å². The van der Waals surface area contributed by atoms with Gasteiger partial charge in [-0.1, -0.05) is 0 Å². The number of nitrogens with one attached hydrogen (secondary N) is 1. The maximum atomic E-state index is 14.1. The van der Waals surface area contributed by atoms with E-state index in [1.165, 1.54) is 6.07 Å². The molecule has 0 fully saturated rings. The van der Waals surface area contributed by atoms with E-state index in [1.807, 2.05) is 6.92 Å². The maximum Gasteiger partial charge on any atom is 0.228 e. The Bertz CT molecular complexity index is 981. The van der Waals surface area contributed by atoms with Crippen LogP contribution in [0.15, 0.2) is 18.2 Å². The summed E-state index contributed by atoms with van der Waals surface area (Å²) in [5.74, 6) is 1.71. The van der Waals surface area contributed by atoms with Gasteiger partial charge in [-0.2, -0.15) is 15.0 Å². The molecule has 0 amide bonds. The summed E-state index contributed by atoms with van der Waals surface area (Å²) in [6.07, 6.45) is 0. The van der Waals surface area contributed by atoms with Gasteiger partial charge >= 0.3 is 0 Å². The fourth-order valence-corrected chi connectivity index (χ4v) is 3.30. The summed E-state index contributed by atoms with van der Waals surface area (Å²) in [5.41, 5.74) is 7.96. The lowest BCUT2D eigenvalue weighted by Crippen LogP contribution is -2.26. The number of hydrogen-bond donors (Lipinski definition) is 2. The number of fused-ring (bicyclic) bond motifs is 1. The molecule has 0 bridgehead atoms. The van der Waals surface area contributed by atoms with Gasteiger partial charge in [0, 0.05) is 29.6 Å². The van der Waals surface area contributed by atoms with Crippen molar-refractivity contribution in [2.75, 3.05) is 29.0 Å². The zero-order valence-corrected chi connectivity index (χ0v) is 16.9. The van der Waals surface area contributed by atoms with Crippen LogP contribution in [0.2, 0.25) is 0 Å². The molecule has 3 rings (SSSR count). The molecule has 7 nitrogen and oxygen atoms in total. The van der Waals surface area contributed by atoms with Crippen molar-refractivity contribution < 1.29 is 4.39 Å². The Labute approximate surface area is 164 Å². The number of nitrogen functional groups attached to an aromatic ring is 1. The molecule has 0 aliphatic heterocycles. The van der Waals surface area contributed by atoms with E-state index in [4.69, 9.17) is 10.7 Å². The van der Waals surface area contributed by atoms with Crippen LogP contribution in [0.5, 0.6) is 0 Å². The molecule has 2 heterocycles. The van der Waals surface area contributed by atoms with Crippen LogP contribution < -0.4 is 16.0 Å². The Morgan fingerprint density at radius 2 is 1.82 bits per heavy atom. The second-order valence-electron chi connectivity index (χ2n) is 6.75. The molecule has 0 saturated heterocycles. The lowest BCUT2D eigenvalue weighted by Gasteiger charge is -2.26. The van der Waals surface area contributed by atoms with Crippen molar-refractivity contribution in [3.63, 3.8) is 0 Å². The Morgan fingerprint density at radius 1 is 1.11 bits per heavy atom. The average Bonchev–Trinajstić information content (AvgIpc) is 2.64. The first-order valence-corrected chi connectivity index (χ1v) is 9.43. The van der Waals surface area contributed by atoms with Gasteiger partial charge in [0.05, 0.1) is 11.6 Å². The minimum absolute atomic E-state index is 0.140. The summed E-state index contributed by atoms with van der Waals surface area (Å²) in [6, 6.07) is 5.16. The summed E-state index contributed by atoms with van der Waals surface area (Å²) in [5, 5.41) is 4.18. The number of nitrogens with two attached hydrogens (primary N) is 1. The van der Waals surface area contributed by atoms with E-state index in [-0.39, 0.29) is 17.8 Å². The normalized spacial score (nSPS) is 12.2. The Kier molecular flexibility index (Phi) is 5.58. The second kappa shape index (κ2) is 7.92. The minimum atomic E-state index is -0.249. The number of anilines is 3. The van der Waals surface area contributed by atoms with Gasteiger partial charge in [0.15, 0.2) is 0 Å². The topological polar surface area (TPSA) is 92.9 Å². The van der Waals surface area contributed by atoms with E-state index in [1.54, 1.807) is 19.9 Å². The van der Waals surface area contributed by atoms with E-state index in [0.717, 1.165) is 29.9 Å². The van der Waals surface area contributed by atoms with Gasteiger partial charge in [-0.25, -0.2) is 9.37 Å². The molecule has 0 aliphatic carbocycles. The van der Waals surface area contributed by atoms with Gasteiger partial charge in [0.25, 0.3) is 0 Å². The SMILES string of the molecule is CCN(CC)c1nc2c(C)c(F)ccc2cc1[C@H](C)Nc1nc(C)nc(N)n1. The molecule has 0 unspecified atom stereocenters. The molecule has 3 aromatic rings. The summed E-state index contributed by atoms with van der Waals surface area (Å²) in [4.78, 5) is 19.5. The number of benzene rings is 1. The number of pyridine rings is 1. The summed E-state index contributed by atoms with van der Waals surface area (Å²) < 4.78 is 14.1. The molecular formula is C20H26FN7. The van der Waals surface area contributed by atoms with Crippen LogP contribution in [0, 0.1) is 19.7 Å². The number of aryl methyl sites for hydroxylation is 2. The molecule has 0 radical (unpaired) electrons. The number of nitrogens with zero attached hydrogens (tertiary/aromatic N) is 5. The first-order chi connectivity index (χ1) is 13.3. The van der Waals surface area contributed by atoms with Gasteiger partial charge < -0.3 is 16.0 Å². The first-order valence-electron chi connectivity index (χ1n) is 9.43. The number of halogens is 1. The van der Waals surface area contributed by atoms with E-state index < -0.39 is 0 Å². The molecule has 28 heavy (non-hydrogen) atoms. The largest absolute Gasteiger partial charge is 0.368 e. The molecule has 1 aromatic carbocycles. The molecule has 3 N–H and O–H groups in total. The van der Waals surface area contributed by atoms with Crippen molar-refractivity contribution in [1.82, 2.24) is 19.9 Å². The zero-order valence-electron chi connectivity index (χ0n) is 16.9. The molecule has 2 aromatic heterocycles. The van der Waals surface area contributed by atoms with E-state index in [0.29, 0.717) is 22.9 Å². The van der Waals surface area contributed by atoms with Crippen molar-refractivity contribution in [3.8, 4) is 0 Å². The highest BCUT2D eigenvalue weighted by molar-refractivity contribution is 5.85. The predicted octanol–water partition coefficient (Wildman–Crippen LogP) is 3.78. The van der Waals surface area contributed by atoms with Crippen LogP contribution in [0.25, 0.3) is 10.9 Å². The van der Waals surface area contributed by atoms with Gasteiger partial charge in [-0.05, 0) is 52.8 Å². The van der Waals surface area contributed by atoms with Gasteiger partial charge in [-0.15, -0.1) is 0 Å². The van der Waals surface area contributed by atoms with Gasteiger partial charge in [0.2, 0.25) is 11.9 Å². The highest BCUT2D eigenvalue weighted by atomic mass is 19.1.